The lowest BCUT2D eigenvalue weighted by Crippen LogP contribution is -2.30. The zero-order chi connectivity index (χ0) is 14.8. The molecule has 0 aliphatic heterocycles. The van der Waals surface area contributed by atoms with Gasteiger partial charge in [0, 0.05) is 0 Å². The molecule has 1 aliphatic carbocycles. The number of rotatable bonds is 4. The molecule has 0 saturated heterocycles. The molecule has 0 atom stereocenters. The Kier molecular flexibility index (Phi) is 4.59. The topological polar surface area (TPSA) is 72.2 Å². The third-order valence-corrected chi connectivity index (χ3v) is 5.56. The summed E-state index contributed by atoms with van der Waals surface area (Å²) in [6.07, 6.45) is 4.12. The van der Waals surface area contributed by atoms with Crippen LogP contribution in [0.3, 0.4) is 0 Å². The zero-order valence-corrected chi connectivity index (χ0v) is 12.6. The molecule has 20 heavy (non-hydrogen) atoms. The zero-order valence-electron chi connectivity index (χ0n) is 10.9. The van der Waals surface area contributed by atoms with Gasteiger partial charge in [-0.3, -0.25) is 4.72 Å². The van der Waals surface area contributed by atoms with Gasteiger partial charge in [-0.15, -0.1) is 0 Å². The number of hydrogen-bond acceptors (Lipinski definition) is 3. The maximum Gasteiger partial charge on any atom is 0.235 e. The first kappa shape index (κ1) is 15.2. The van der Waals surface area contributed by atoms with Gasteiger partial charge >= 0.3 is 0 Å². The number of halogens is 1. The van der Waals surface area contributed by atoms with Gasteiger partial charge < -0.3 is 5.73 Å². The first-order chi connectivity index (χ1) is 9.42. The first-order valence-electron chi connectivity index (χ1n) is 6.52. The molecule has 4 nitrogen and oxygen atoms in total. The first-order valence-corrected chi connectivity index (χ1v) is 8.47. The van der Waals surface area contributed by atoms with Crippen molar-refractivity contribution in [3.8, 4) is 0 Å². The third kappa shape index (κ3) is 3.27. The van der Waals surface area contributed by atoms with Crippen LogP contribution in [0.1, 0.15) is 37.7 Å². The van der Waals surface area contributed by atoms with E-state index in [2.05, 4.69) is 4.72 Å². The molecule has 0 heterocycles. The molecule has 3 N–H and O–H groups in total. The van der Waals surface area contributed by atoms with Gasteiger partial charge in [-0.1, -0.05) is 37.5 Å². The molecule has 1 fully saturated rings. The van der Waals surface area contributed by atoms with Gasteiger partial charge in [0.15, 0.2) is 0 Å². The standard InChI is InChI=1S/C13H17FN2O2S2/c14-10-7-4-8-11(12(10)13(15)19)16-20(17,18)9-5-2-1-3-6-9/h4,7-9,16H,1-3,5-6H2,(H2,15,19). The minimum absolute atomic E-state index is 0.0538. The van der Waals surface area contributed by atoms with Crippen LogP contribution in [-0.2, 0) is 10.0 Å². The van der Waals surface area contributed by atoms with Crippen molar-refractivity contribution in [3.63, 3.8) is 0 Å². The van der Waals surface area contributed by atoms with E-state index in [0.29, 0.717) is 12.8 Å². The Hall–Kier alpha value is -1.21. The third-order valence-electron chi connectivity index (χ3n) is 3.50. The number of nitrogens with one attached hydrogen (secondary N) is 1. The van der Waals surface area contributed by atoms with Crippen molar-refractivity contribution >= 4 is 32.9 Å². The van der Waals surface area contributed by atoms with Crippen LogP contribution in [0.4, 0.5) is 10.1 Å². The van der Waals surface area contributed by atoms with E-state index < -0.39 is 21.1 Å². The lowest BCUT2D eigenvalue weighted by Gasteiger charge is -2.23. The van der Waals surface area contributed by atoms with E-state index in [4.69, 9.17) is 18.0 Å². The number of sulfonamides is 1. The molecule has 0 unspecified atom stereocenters. The molecule has 7 heteroatoms. The number of anilines is 1. The fourth-order valence-electron chi connectivity index (χ4n) is 2.47. The summed E-state index contributed by atoms with van der Waals surface area (Å²) in [7, 11) is -3.54. The van der Waals surface area contributed by atoms with Crippen LogP contribution in [0.25, 0.3) is 0 Å². The Bertz CT molecular complexity index is 611. The summed E-state index contributed by atoms with van der Waals surface area (Å²) >= 11 is 4.79. The molecule has 0 aromatic heterocycles. The molecule has 0 bridgehead atoms. The van der Waals surface area contributed by atoms with Crippen LogP contribution < -0.4 is 10.5 Å². The Morgan fingerprint density at radius 3 is 2.55 bits per heavy atom. The molecular weight excluding hydrogens is 299 g/mol. The minimum Gasteiger partial charge on any atom is -0.389 e. The highest BCUT2D eigenvalue weighted by Gasteiger charge is 2.28. The highest BCUT2D eigenvalue weighted by Crippen LogP contribution is 2.27. The monoisotopic (exact) mass is 316 g/mol. The van der Waals surface area contributed by atoms with Gasteiger partial charge in [0.25, 0.3) is 0 Å². The average molecular weight is 316 g/mol. The summed E-state index contributed by atoms with van der Waals surface area (Å²) in [5.74, 6) is -0.624. The molecule has 0 spiro atoms. The predicted molar refractivity (Wildman–Crippen MR) is 81.7 cm³/mol. The predicted octanol–water partition coefficient (Wildman–Crippen LogP) is 2.53. The van der Waals surface area contributed by atoms with Crippen LogP contribution in [0.2, 0.25) is 0 Å². The van der Waals surface area contributed by atoms with Crippen molar-refractivity contribution in [1.82, 2.24) is 0 Å². The lowest BCUT2D eigenvalue weighted by atomic mass is 10.0. The van der Waals surface area contributed by atoms with E-state index in [1.807, 2.05) is 0 Å². The summed E-state index contributed by atoms with van der Waals surface area (Å²) in [6, 6.07) is 4.10. The van der Waals surface area contributed by atoms with Gasteiger partial charge in [-0.2, -0.15) is 0 Å². The molecule has 1 aliphatic rings. The summed E-state index contributed by atoms with van der Waals surface area (Å²) < 4.78 is 40.8. The van der Waals surface area contributed by atoms with E-state index >= 15 is 0 Å². The fraction of sp³-hybridized carbons (Fsp3) is 0.462. The van der Waals surface area contributed by atoms with E-state index in [0.717, 1.165) is 19.3 Å². The van der Waals surface area contributed by atoms with Crippen molar-refractivity contribution in [2.75, 3.05) is 4.72 Å². The molecule has 0 amide bonds. The van der Waals surface area contributed by atoms with Crippen LogP contribution >= 0.6 is 12.2 Å². The van der Waals surface area contributed by atoms with E-state index in [-0.39, 0.29) is 16.2 Å². The normalized spacial score (nSPS) is 16.9. The van der Waals surface area contributed by atoms with Crippen LogP contribution in [0, 0.1) is 5.82 Å². The van der Waals surface area contributed by atoms with Crippen LogP contribution in [0.5, 0.6) is 0 Å². The van der Waals surface area contributed by atoms with Crippen molar-refractivity contribution < 1.29 is 12.8 Å². The summed E-state index contributed by atoms with van der Waals surface area (Å²) in [6.45, 7) is 0. The summed E-state index contributed by atoms with van der Waals surface area (Å²) in [5, 5.41) is -0.432. The largest absolute Gasteiger partial charge is 0.389 e. The average Bonchev–Trinajstić information content (AvgIpc) is 2.39. The van der Waals surface area contributed by atoms with E-state index in [1.54, 1.807) is 0 Å². The van der Waals surface area contributed by atoms with Crippen molar-refractivity contribution in [2.45, 2.75) is 37.4 Å². The molecule has 0 radical (unpaired) electrons. The Morgan fingerprint density at radius 1 is 1.30 bits per heavy atom. The Morgan fingerprint density at radius 2 is 1.95 bits per heavy atom. The smallest absolute Gasteiger partial charge is 0.235 e. The maximum atomic E-state index is 13.7. The van der Waals surface area contributed by atoms with Gasteiger partial charge in [0.2, 0.25) is 10.0 Å². The highest BCUT2D eigenvalue weighted by atomic mass is 32.2. The Labute approximate surface area is 123 Å². The molecule has 2 rings (SSSR count). The molecular formula is C13H17FN2O2S2. The molecule has 1 aromatic rings. The van der Waals surface area contributed by atoms with Gasteiger partial charge in [-0.25, -0.2) is 12.8 Å². The fourth-order valence-corrected chi connectivity index (χ4v) is 4.28. The van der Waals surface area contributed by atoms with Gasteiger partial charge in [-0.05, 0) is 25.0 Å². The molecule has 1 saturated carbocycles. The van der Waals surface area contributed by atoms with Crippen LogP contribution in [0.15, 0.2) is 18.2 Å². The number of nitrogens with two attached hydrogens (primary N) is 1. The van der Waals surface area contributed by atoms with E-state index in [9.17, 15) is 12.8 Å². The van der Waals surface area contributed by atoms with Crippen molar-refractivity contribution in [3.05, 3.63) is 29.6 Å². The van der Waals surface area contributed by atoms with Crippen molar-refractivity contribution in [1.29, 1.82) is 0 Å². The van der Waals surface area contributed by atoms with Gasteiger partial charge in [0.05, 0.1) is 16.5 Å². The quantitative estimate of drug-likeness (QED) is 0.837. The highest BCUT2D eigenvalue weighted by molar-refractivity contribution is 7.93. The molecule has 1 aromatic carbocycles. The number of benzene rings is 1. The summed E-state index contributed by atoms with van der Waals surface area (Å²) in [5.41, 5.74) is 5.53. The number of hydrogen-bond donors (Lipinski definition) is 2. The number of thiocarbonyl (C=S) groups is 1. The van der Waals surface area contributed by atoms with E-state index in [1.165, 1.54) is 18.2 Å². The lowest BCUT2D eigenvalue weighted by molar-refractivity contribution is 0.486. The Balaban J connectivity index is 2.29. The van der Waals surface area contributed by atoms with Crippen LogP contribution in [-0.4, -0.2) is 18.7 Å². The minimum atomic E-state index is -3.54. The molecule has 110 valence electrons. The maximum absolute atomic E-state index is 13.7. The summed E-state index contributed by atoms with van der Waals surface area (Å²) in [4.78, 5) is -0.163. The SMILES string of the molecule is NC(=S)c1c(F)cccc1NS(=O)(=O)C1CCCCC1. The second-order valence-corrected chi connectivity index (χ2v) is 7.33. The van der Waals surface area contributed by atoms with Gasteiger partial charge in [0.1, 0.15) is 10.8 Å². The second kappa shape index (κ2) is 6.05. The van der Waals surface area contributed by atoms with Crippen molar-refractivity contribution in [2.24, 2.45) is 5.73 Å². The second-order valence-electron chi connectivity index (χ2n) is 4.93.